The highest BCUT2D eigenvalue weighted by Gasteiger charge is 2.38. The molecule has 3 rings (SSSR count). The van der Waals surface area contributed by atoms with Gasteiger partial charge in [0.25, 0.3) is 0 Å². The zero-order valence-electron chi connectivity index (χ0n) is 15.8. The van der Waals surface area contributed by atoms with Crippen LogP contribution < -0.4 is 5.32 Å². The van der Waals surface area contributed by atoms with Gasteiger partial charge in [0.15, 0.2) is 0 Å². The van der Waals surface area contributed by atoms with Crippen LogP contribution in [0, 0.1) is 11.8 Å². The molecule has 0 spiro atoms. The van der Waals surface area contributed by atoms with Crippen LogP contribution in [0.3, 0.4) is 0 Å². The van der Waals surface area contributed by atoms with E-state index in [1.54, 1.807) is 0 Å². The van der Waals surface area contributed by atoms with Gasteiger partial charge in [0.2, 0.25) is 5.91 Å². The Kier molecular flexibility index (Phi) is 7.33. The third-order valence-electron chi connectivity index (χ3n) is 5.27. The Hall–Kier alpha value is -1.06. The molecule has 25 heavy (non-hydrogen) atoms. The molecule has 2 aliphatic carbocycles. The van der Waals surface area contributed by atoms with Crippen LogP contribution in [-0.2, 0) is 16.8 Å². The van der Waals surface area contributed by atoms with E-state index in [0.717, 1.165) is 36.8 Å². The average Bonchev–Trinajstić information content (AvgIpc) is 2.93. The molecule has 2 aliphatic rings. The van der Waals surface area contributed by atoms with Crippen molar-refractivity contribution in [2.45, 2.75) is 71.3 Å². The molecule has 1 aromatic rings. The molecule has 0 radical (unpaired) electrons. The minimum Gasteiger partial charge on any atom is -0.383 e. The van der Waals surface area contributed by atoms with Gasteiger partial charge < -0.3 is 10.4 Å². The van der Waals surface area contributed by atoms with Crippen molar-refractivity contribution in [2.75, 3.05) is 6.54 Å². The van der Waals surface area contributed by atoms with E-state index in [4.69, 9.17) is 11.6 Å². The van der Waals surface area contributed by atoms with E-state index >= 15 is 0 Å². The number of rotatable bonds is 3. The maximum Gasteiger partial charge on any atom is 0.223 e. The summed E-state index contributed by atoms with van der Waals surface area (Å²) in [4.78, 5) is 12.4. The van der Waals surface area contributed by atoms with E-state index in [9.17, 15) is 9.90 Å². The SMILES string of the molecule is CC1CCCC(C(=O)NCC2(O)CCc3c(Cl)cccc32)C1.CCC. The standard InChI is InChI=1S/C18H24ClNO2.C3H8/c1-12-4-2-5-13(10-12)17(21)20-11-18(22)9-8-14-15(18)6-3-7-16(14)19;1-3-2/h3,6-7,12-13,22H,2,4-5,8-11H2,1H3,(H,20,21);3H2,1-2H3. The minimum absolute atomic E-state index is 0.0930. The number of nitrogens with one attached hydrogen (secondary N) is 1. The second kappa shape index (κ2) is 9.05. The number of fused-ring (bicyclic) bond motifs is 1. The fourth-order valence-corrected chi connectivity index (χ4v) is 4.22. The van der Waals surface area contributed by atoms with Crippen LogP contribution in [0.25, 0.3) is 0 Å². The van der Waals surface area contributed by atoms with Crippen molar-refractivity contribution in [2.24, 2.45) is 11.8 Å². The molecular formula is C21H32ClNO2. The topological polar surface area (TPSA) is 49.3 Å². The number of carbonyl (C=O) groups is 1. The molecule has 1 aromatic carbocycles. The van der Waals surface area contributed by atoms with E-state index in [2.05, 4.69) is 26.1 Å². The lowest BCUT2D eigenvalue weighted by Crippen LogP contribution is -2.42. The summed E-state index contributed by atoms with van der Waals surface area (Å²) >= 11 is 6.20. The lowest BCUT2D eigenvalue weighted by Gasteiger charge is -2.29. The smallest absolute Gasteiger partial charge is 0.223 e. The zero-order valence-corrected chi connectivity index (χ0v) is 16.5. The van der Waals surface area contributed by atoms with Crippen molar-refractivity contribution in [1.29, 1.82) is 0 Å². The van der Waals surface area contributed by atoms with Gasteiger partial charge in [-0.25, -0.2) is 0 Å². The van der Waals surface area contributed by atoms with Crippen LogP contribution in [0.5, 0.6) is 0 Å². The third-order valence-corrected chi connectivity index (χ3v) is 5.63. The number of aliphatic hydroxyl groups is 1. The van der Waals surface area contributed by atoms with Gasteiger partial charge in [-0.05, 0) is 48.8 Å². The van der Waals surface area contributed by atoms with Crippen LogP contribution in [0.15, 0.2) is 18.2 Å². The monoisotopic (exact) mass is 365 g/mol. The molecule has 0 bridgehead atoms. The van der Waals surface area contributed by atoms with Gasteiger partial charge in [-0.15, -0.1) is 0 Å². The summed E-state index contributed by atoms with van der Waals surface area (Å²) in [5, 5.41) is 14.6. The largest absolute Gasteiger partial charge is 0.383 e. The molecule has 4 heteroatoms. The Balaban J connectivity index is 0.000000701. The fourth-order valence-electron chi connectivity index (χ4n) is 3.95. The second-order valence-corrected chi connectivity index (χ2v) is 8.10. The Morgan fingerprint density at radius 2 is 2.08 bits per heavy atom. The molecule has 140 valence electrons. The number of benzene rings is 1. The second-order valence-electron chi connectivity index (χ2n) is 7.69. The highest BCUT2D eigenvalue weighted by atomic mass is 35.5. The molecule has 3 nitrogen and oxygen atoms in total. The van der Waals surface area contributed by atoms with Crippen LogP contribution >= 0.6 is 11.6 Å². The summed E-state index contributed by atoms with van der Waals surface area (Å²) in [7, 11) is 0. The summed E-state index contributed by atoms with van der Waals surface area (Å²) in [5.41, 5.74) is 0.917. The molecule has 3 atom stereocenters. The highest BCUT2D eigenvalue weighted by Crippen LogP contribution is 2.39. The number of hydrogen-bond donors (Lipinski definition) is 2. The first-order valence-corrected chi connectivity index (χ1v) is 10.1. The van der Waals surface area contributed by atoms with Crippen molar-refractivity contribution in [3.63, 3.8) is 0 Å². The molecule has 0 aromatic heterocycles. The first-order valence-electron chi connectivity index (χ1n) is 9.69. The van der Waals surface area contributed by atoms with Gasteiger partial charge in [0.1, 0.15) is 5.60 Å². The van der Waals surface area contributed by atoms with Crippen molar-refractivity contribution >= 4 is 17.5 Å². The van der Waals surface area contributed by atoms with Crippen LogP contribution in [0.4, 0.5) is 0 Å². The molecule has 2 N–H and O–H groups in total. The van der Waals surface area contributed by atoms with E-state index in [1.807, 2.05) is 18.2 Å². The number of carbonyl (C=O) groups excluding carboxylic acids is 1. The van der Waals surface area contributed by atoms with Crippen molar-refractivity contribution < 1.29 is 9.90 Å². The van der Waals surface area contributed by atoms with E-state index < -0.39 is 5.60 Å². The van der Waals surface area contributed by atoms with E-state index in [-0.39, 0.29) is 18.4 Å². The van der Waals surface area contributed by atoms with Gasteiger partial charge in [0, 0.05) is 10.9 Å². The zero-order chi connectivity index (χ0) is 18.4. The van der Waals surface area contributed by atoms with Crippen molar-refractivity contribution in [3.05, 3.63) is 34.3 Å². The maximum absolute atomic E-state index is 12.4. The molecule has 0 heterocycles. The summed E-state index contributed by atoms with van der Waals surface area (Å²) in [6, 6.07) is 5.64. The van der Waals surface area contributed by atoms with Crippen LogP contribution in [0.2, 0.25) is 5.02 Å². The predicted molar refractivity (Wildman–Crippen MR) is 104 cm³/mol. The third kappa shape index (κ3) is 4.98. The number of amides is 1. The predicted octanol–water partition coefficient (Wildman–Crippen LogP) is 4.83. The molecular weight excluding hydrogens is 334 g/mol. The Morgan fingerprint density at radius 1 is 1.36 bits per heavy atom. The highest BCUT2D eigenvalue weighted by molar-refractivity contribution is 6.31. The van der Waals surface area contributed by atoms with Gasteiger partial charge in [-0.1, -0.05) is 63.8 Å². The quantitative estimate of drug-likeness (QED) is 0.805. The Bertz CT molecular complexity index is 589. The molecule has 0 aliphatic heterocycles. The Morgan fingerprint density at radius 3 is 2.76 bits per heavy atom. The molecule has 3 unspecified atom stereocenters. The van der Waals surface area contributed by atoms with Gasteiger partial charge in [-0.2, -0.15) is 0 Å². The number of halogens is 1. The van der Waals surface area contributed by atoms with E-state index in [1.165, 1.54) is 12.8 Å². The van der Waals surface area contributed by atoms with Crippen molar-refractivity contribution in [3.8, 4) is 0 Å². The molecule has 0 saturated heterocycles. The Labute approximate surface area is 157 Å². The van der Waals surface area contributed by atoms with Crippen molar-refractivity contribution in [1.82, 2.24) is 5.32 Å². The molecule has 1 saturated carbocycles. The van der Waals surface area contributed by atoms with Gasteiger partial charge in [-0.3, -0.25) is 4.79 Å². The average molecular weight is 366 g/mol. The lowest BCUT2D eigenvalue weighted by atomic mass is 9.82. The van der Waals surface area contributed by atoms with Crippen LogP contribution in [0.1, 0.15) is 70.4 Å². The number of hydrogen-bond acceptors (Lipinski definition) is 2. The summed E-state index contributed by atoms with van der Waals surface area (Å²) in [6.45, 7) is 6.74. The summed E-state index contributed by atoms with van der Waals surface area (Å²) in [5.74, 6) is 0.821. The maximum atomic E-state index is 12.4. The van der Waals surface area contributed by atoms with Crippen LogP contribution in [-0.4, -0.2) is 17.6 Å². The first-order chi connectivity index (χ1) is 11.9. The fraction of sp³-hybridized carbons (Fsp3) is 0.667. The molecule has 1 amide bonds. The minimum atomic E-state index is -0.976. The normalized spacial score (nSPS) is 27.9. The summed E-state index contributed by atoms with van der Waals surface area (Å²) in [6.07, 6.45) is 6.92. The summed E-state index contributed by atoms with van der Waals surface area (Å²) < 4.78 is 0. The first kappa shape index (κ1) is 20.3. The van der Waals surface area contributed by atoms with Gasteiger partial charge in [0.05, 0.1) is 6.54 Å². The lowest BCUT2D eigenvalue weighted by molar-refractivity contribution is -0.127. The molecule has 1 fully saturated rings. The van der Waals surface area contributed by atoms with E-state index in [0.29, 0.717) is 17.4 Å². The van der Waals surface area contributed by atoms with Gasteiger partial charge >= 0.3 is 0 Å².